The van der Waals surface area contributed by atoms with Crippen LogP contribution in [0.2, 0.25) is 0 Å². The molecule has 17 heavy (non-hydrogen) atoms. The summed E-state index contributed by atoms with van der Waals surface area (Å²) in [5.74, 6) is 0.894. The van der Waals surface area contributed by atoms with Gasteiger partial charge in [0.2, 0.25) is 0 Å². The van der Waals surface area contributed by atoms with Crippen LogP contribution in [0.15, 0.2) is 17.1 Å². The zero-order valence-electron chi connectivity index (χ0n) is 9.62. The maximum absolute atomic E-state index is 11.6. The van der Waals surface area contributed by atoms with E-state index in [2.05, 4.69) is 15.3 Å². The number of nitrogens with zero attached hydrogens (tertiary/aromatic N) is 4. The first-order valence-corrected chi connectivity index (χ1v) is 6.06. The number of fused-ring (bicyclic) bond motifs is 1. The van der Waals surface area contributed by atoms with Gasteiger partial charge in [0, 0.05) is 44.3 Å². The van der Waals surface area contributed by atoms with Crippen LogP contribution in [-0.4, -0.2) is 20.3 Å². The number of aromatic nitrogens is 3. The smallest absolute Gasteiger partial charge is 0.268 e. The van der Waals surface area contributed by atoms with Crippen molar-refractivity contribution < 1.29 is 0 Å². The fourth-order valence-electron chi connectivity index (χ4n) is 1.94. The largest absolute Gasteiger partial charge is 0.329 e. The number of hydrogen-bond acceptors (Lipinski definition) is 4. The lowest BCUT2D eigenvalue weighted by Gasteiger charge is -2.20. The molecule has 0 fully saturated rings. The molecule has 88 valence electrons. The molecule has 0 amide bonds. The van der Waals surface area contributed by atoms with Crippen molar-refractivity contribution in [3.63, 3.8) is 0 Å². The number of rotatable bonds is 1. The quantitative estimate of drug-likeness (QED) is 0.665. The third kappa shape index (κ3) is 1.52. The van der Waals surface area contributed by atoms with Crippen molar-refractivity contribution in [2.24, 2.45) is 14.1 Å². The average molecular weight is 248 g/mol. The van der Waals surface area contributed by atoms with E-state index in [1.807, 2.05) is 24.1 Å². The Morgan fingerprint density at radius 3 is 2.88 bits per heavy atom. The predicted molar refractivity (Wildman–Crippen MR) is 68.3 cm³/mol. The molecule has 0 N–H and O–H groups in total. The molecule has 1 aliphatic rings. The molecule has 6 heteroatoms. The predicted octanol–water partition coefficient (Wildman–Crippen LogP) is -0.781. The van der Waals surface area contributed by atoms with Crippen molar-refractivity contribution >= 4 is 29.6 Å². The van der Waals surface area contributed by atoms with E-state index < -0.39 is 0 Å². The van der Waals surface area contributed by atoms with E-state index in [9.17, 15) is 4.79 Å². The number of hydrogen-bond donors (Lipinski definition) is 0. The van der Waals surface area contributed by atoms with Crippen LogP contribution in [0.3, 0.4) is 0 Å². The molecule has 3 heterocycles. The summed E-state index contributed by atoms with van der Waals surface area (Å²) in [5.41, 5.74) is 0.00476. The van der Waals surface area contributed by atoms with Crippen LogP contribution >= 0.6 is 11.5 Å². The first kappa shape index (κ1) is 10.3. The second-order valence-corrected chi connectivity index (χ2v) is 4.85. The minimum atomic E-state index is 0.00476. The lowest BCUT2D eigenvalue weighted by molar-refractivity contribution is 0.579. The van der Waals surface area contributed by atoms with Crippen LogP contribution in [0, 0.1) is 0 Å². The van der Waals surface area contributed by atoms with Crippen molar-refractivity contribution in [3.8, 4) is 0 Å². The number of anilines is 1. The standard InChI is InChI=1S/C11H12N4OS/c1-13-10(5-11(16)14(13)2)15-4-3-9-8(7-15)6-12-17-9/h3,5-7H,4H2,1-2H3. The average Bonchev–Trinajstić information content (AvgIpc) is 2.89. The molecule has 0 unspecified atom stereocenters. The molecular formula is C11H12N4OS. The molecule has 0 aromatic carbocycles. The summed E-state index contributed by atoms with van der Waals surface area (Å²) < 4.78 is 8.78. The van der Waals surface area contributed by atoms with Gasteiger partial charge in [0.1, 0.15) is 5.82 Å². The van der Waals surface area contributed by atoms with E-state index in [4.69, 9.17) is 0 Å². The Morgan fingerprint density at radius 2 is 2.18 bits per heavy atom. The van der Waals surface area contributed by atoms with E-state index in [1.54, 1.807) is 17.8 Å². The van der Waals surface area contributed by atoms with Gasteiger partial charge in [-0.3, -0.25) is 14.2 Å². The van der Waals surface area contributed by atoms with Crippen LogP contribution in [0.25, 0.3) is 12.3 Å². The van der Waals surface area contributed by atoms with Crippen LogP contribution in [0.5, 0.6) is 0 Å². The minimum Gasteiger partial charge on any atom is -0.329 e. The molecule has 2 aromatic rings. The lowest BCUT2D eigenvalue weighted by atomic mass is 10.3. The zero-order chi connectivity index (χ0) is 12.0. The van der Waals surface area contributed by atoms with Crippen molar-refractivity contribution in [3.05, 3.63) is 32.4 Å². The molecule has 3 rings (SSSR count). The zero-order valence-corrected chi connectivity index (χ0v) is 10.4. The van der Waals surface area contributed by atoms with Crippen LogP contribution in [0.1, 0.15) is 0 Å². The Hall–Kier alpha value is -1.82. The summed E-state index contributed by atoms with van der Waals surface area (Å²) in [7, 11) is 3.64. The third-order valence-corrected chi connectivity index (χ3v) is 3.85. The van der Waals surface area contributed by atoms with Gasteiger partial charge < -0.3 is 4.90 Å². The van der Waals surface area contributed by atoms with Crippen LogP contribution < -0.4 is 20.2 Å². The molecule has 0 bridgehead atoms. The van der Waals surface area contributed by atoms with Gasteiger partial charge in [-0.15, -0.1) is 0 Å². The maximum atomic E-state index is 11.6. The van der Waals surface area contributed by atoms with Gasteiger partial charge in [0.05, 0.1) is 4.53 Å². The fourth-order valence-corrected chi connectivity index (χ4v) is 2.58. The highest BCUT2D eigenvalue weighted by Gasteiger charge is 2.12. The maximum Gasteiger partial charge on any atom is 0.268 e. The normalized spacial score (nSPS) is 14.1. The molecule has 2 aromatic heterocycles. The van der Waals surface area contributed by atoms with Gasteiger partial charge >= 0.3 is 0 Å². The summed E-state index contributed by atoms with van der Waals surface area (Å²) in [6, 6.07) is 1.65. The Bertz CT molecular complexity index is 736. The molecule has 5 nitrogen and oxygen atoms in total. The van der Waals surface area contributed by atoms with Crippen LogP contribution in [0.4, 0.5) is 5.82 Å². The van der Waals surface area contributed by atoms with Gasteiger partial charge in [0.15, 0.2) is 0 Å². The summed E-state index contributed by atoms with van der Waals surface area (Å²) in [6.45, 7) is 0.770. The van der Waals surface area contributed by atoms with E-state index in [0.717, 1.165) is 17.6 Å². The molecule has 0 aliphatic carbocycles. The minimum absolute atomic E-state index is 0.00476. The third-order valence-electron chi connectivity index (χ3n) is 3.04. The Morgan fingerprint density at radius 1 is 1.35 bits per heavy atom. The first-order valence-electron chi connectivity index (χ1n) is 5.29. The van der Waals surface area contributed by atoms with Crippen molar-refractivity contribution in [2.45, 2.75) is 0 Å². The molecule has 0 radical (unpaired) electrons. The molecular weight excluding hydrogens is 236 g/mol. The van der Waals surface area contributed by atoms with Gasteiger partial charge in [-0.1, -0.05) is 0 Å². The molecule has 1 aliphatic heterocycles. The molecule has 0 atom stereocenters. The van der Waals surface area contributed by atoms with E-state index >= 15 is 0 Å². The lowest BCUT2D eigenvalue weighted by Crippen LogP contribution is -2.33. The summed E-state index contributed by atoms with van der Waals surface area (Å²) in [5, 5.41) is 1.11. The topological polar surface area (TPSA) is 43.1 Å². The highest BCUT2D eigenvalue weighted by atomic mass is 32.1. The van der Waals surface area contributed by atoms with Crippen LogP contribution in [-0.2, 0) is 14.1 Å². The van der Waals surface area contributed by atoms with Crippen molar-refractivity contribution in [2.75, 3.05) is 11.4 Å². The summed E-state index contributed by atoms with van der Waals surface area (Å²) in [6.07, 6.45) is 6.02. The SMILES string of the molecule is Cn1c(N2C=c3cnsc3=CC2)cc(=O)n1C. The highest BCUT2D eigenvalue weighted by Crippen LogP contribution is 2.12. The Labute approximate surface area is 102 Å². The molecule has 0 saturated carbocycles. The highest BCUT2D eigenvalue weighted by molar-refractivity contribution is 7.03. The van der Waals surface area contributed by atoms with E-state index in [1.165, 1.54) is 16.1 Å². The van der Waals surface area contributed by atoms with Gasteiger partial charge in [-0.25, -0.2) is 0 Å². The molecule has 0 spiro atoms. The van der Waals surface area contributed by atoms with Gasteiger partial charge in [0.25, 0.3) is 5.56 Å². The van der Waals surface area contributed by atoms with Crippen molar-refractivity contribution in [1.29, 1.82) is 0 Å². The second kappa shape index (κ2) is 3.59. The van der Waals surface area contributed by atoms with E-state index in [-0.39, 0.29) is 5.56 Å². The summed E-state index contributed by atoms with van der Waals surface area (Å²) in [4.78, 5) is 13.6. The van der Waals surface area contributed by atoms with Crippen molar-refractivity contribution in [1.82, 2.24) is 13.7 Å². The van der Waals surface area contributed by atoms with Gasteiger partial charge in [-0.2, -0.15) is 4.37 Å². The Balaban J connectivity index is 2.13. The molecule has 0 saturated heterocycles. The van der Waals surface area contributed by atoms with E-state index in [0.29, 0.717) is 0 Å². The monoisotopic (exact) mass is 248 g/mol. The Kier molecular flexibility index (Phi) is 2.19. The fraction of sp³-hybridized carbons (Fsp3) is 0.273. The first-order chi connectivity index (χ1) is 8.16. The second-order valence-electron chi connectivity index (χ2n) is 4.02. The summed E-state index contributed by atoms with van der Waals surface area (Å²) >= 11 is 1.50. The van der Waals surface area contributed by atoms with Gasteiger partial charge in [-0.05, 0) is 17.6 Å².